The van der Waals surface area contributed by atoms with Crippen molar-refractivity contribution in [3.05, 3.63) is 40.6 Å². The van der Waals surface area contributed by atoms with Gasteiger partial charge in [0.05, 0.1) is 5.56 Å². The molecule has 5 heteroatoms. The topological polar surface area (TPSA) is 36.9 Å². The van der Waals surface area contributed by atoms with Gasteiger partial charge in [-0.3, -0.25) is 0 Å². The Hall–Kier alpha value is -1.85. The number of para-hydroxylation sites is 2. The highest BCUT2D eigenvalue weighted by Gasteiger charge is 2.24. The molecule has 0 aliphatic carbocycles. The summed E-state index contributed by atoms with van der Waals surface area (Å²) in [5, 5.41) is 7.56. The summed E-state index contributed by atoms with van der Waals surface area (Å²) in [6, 6.07) is 7.96. The number of nitrogens with one attached hydrogen (secondary N) is 1. The minimum absolute atomic E-state index is 0.831. The zero-order valence-corrected chi connectivity index (χ0v) is 11.8. The number of hydrogen-bond donors (Lipinski definition) is 1. The Labute approximate surface area is 121 Å². The van der Waals surface area contributed by atoms with Gasteiger partial charge < -0.3 is 15.0 Å². The lowest BCUT2D eigenvalue weighted by molar-refractivity contribution is 0.358. The summed E-state index contributed by atoms with van der Waals surface area (Å²) in [7, 11) is 0. The van der Waals surface area contributed by atoms with Crippen molar-refractivity contribution in [2.24, 2.45) is 4.99 Å². The molecule has 4 rings (SSSR count). The van der Waals surface area contributed by atoms with Crippen LogP contribution in [-0.2, 0) is 0 Å². The highest BCUT2D eigenvalue weighted by Crippen LogP contribution is 2.39. The Balaban J connectivity index is 1.84. The summed E-state index contributed by atoms with van der Waals surface area (Å²) < 4.78 is 6.02. The van der Waals surface area contributed by atoms with Crippen molar-refractivity contribution in [3.63, 3.8) is 0 Å². The molecule has 0 saturated carbocycles. The van der Waals surface area contributed by atoms with Crippen molar-refractivity contribution < 1.29 is 4.74 Å². The fourth-order valence-corrected chi connectivity index (χ4v) is 3.30. The molecule has 102 valence electrons. The molecular weight excluding hydrogens is 270 g/mol. The Kier molecular flexibility index (Phi) is 2.94. The molecular formula is C15H15N3OS. The molecule has 20 heavy (non-hydrogen) atoms. The Morgan fingerprint density at radius 2 is 1.95 bits per heavy atom. The third-order valence-electron chi connectivity index (χ3n) is 3.60. The lowest BCUT2D eigenvalue weighted by Crippen LogP contribution is -2.46. The first kappa shape index (κ1) is 11.9. The second-order valence-electron chi connectivity index (χ2n) is 4.89. The molecule has 3 heterocycles. The monoisotopic (exact) mass is 285 g/mol. The SMILES string of the molecule is c1ccc2c(c1)N=C(N1CCNCC1)c1cscc1O2. The third-order valence-corrected chi connectivity index (χ3v) is 4.32. The van der Waals surface area contributed by atoms with E-state index in [4.69, 9.17) is 9.73 Å². The standard InChI is InChI=1S/C15H15N3OS/c1-2-4-13-12(3-1)17-15(18-7-5-16-6-8-18)11-9-20-10-14(11)19-13/h1-4,9-10,16H,5-8H2. The van der Waals surface area contributed by atoms with Crippen molar-refractivity contribution in [1.82, 2.24) is 10.2 Å². The Morgan fingerprint density at radius 3 is 2.85 bits per heavy atom. The van der Waals surface area contributed by atoms with Crippen molar-refractivity contribution in [2.75, 3.05) is 26.2 Å². The van der Waals surface area contributed by atoms with Crippen LogP contribution in [-0.4, -0.2) is 36.9 Å². The van der Waals surface area contributed by atoms with Crippen LogP contribution < -0.4 is 10.1 Å². The van der Waals surface area contributed by atoms with Crippen LogP contribution in [0.4, 0.5) is 5.69 Å². The van der Waals surface area contributed by atoms with E-state index in [1.165, 1.54) is 0 Å². The van der Waals surface area contributed by atoms with Gasteiger partial charge in [-0.15, -0.1) is 11.3 Å². The lowest BCUT2D eigenvalue weighted by atomic mass is 10.2. The number of piperazine rings is 1. The van der Waals surface area contributed by atoms with Crippen LogP contribution in [0.2, 0.25) is 0 Å². The van der Waals surface area contributed by atoms with Crippen molar-refractivity contribution >= 4 is 22.9 Å². The van der Waals surface area contributed by atoms with Gasteiger partial charge in [0, 0.05) is 36.9 Å². The maximum absolute atomic E-state index is 6.02. The summed E-state index contributed by atoms with van der Waals surface area (Å²) in [5.74, 6) is 2.78. The second kappa shape index (κ2) is 4.92. The molecule has 2 aliphatic rings. The van der Waals surface area contributed by atoms with Crippen molar-refractivity contribution in [2.45, 2.75) is 0 Å². The molecule has 0 radical (unpaired) electrons. The molecule has 1 saturated heterocycles. The van der Waals surface area contributed by atoms with Crippen LogP contribution in [0.15, 0.2) is 40.0 Å². The molecule has 1 fully saturated rings. The van der Waals surface area contributed by atoms with Gasteiger partial charge in [0.2, 0.25) is 0 Å². The van der Waals surface area contributed by atoms with Crippen LogP contribution in [0.5, 0.6) is 11.5 Å². The minimum atomic E-state index is 0.831. The highest BCUT2D eigenvalue weighted by atomic mass is 32.1. The van der Waals surface area contributed by atoms with Crippen LogP contribution in [0, 0.1) is 0 Å². The van der Waals surface area contributed by atoms with Crippen LogP contribution in [0.1, 0.15) is 5.56 Å². The number of fused-ring (bicyclic) bond motifs is 2. The summed E-state index contributed by atoms with van der Waals surface area (Å²) in [6.07, 6.45) is 0. The number of thiophene rings is 1. The van der Waals surface area contributed by atoms with E-state index in [9.17, 15) is 0 Å². The fraction of sp³-hybridized carbons (Fsp3) is 0.267. The number of benzene rings is 1. The average molecular weight is 285 g/mol. The van der Waals surface area contributed by atoms with Crippen LogP contribution in [0.3, 0.4) is 0 Å². The number of ether oxygens (including phenoxy) is 1. The molecule has 0 atom stereocenters. The quantitative estimate of drug-likeness (QED) is 0.808. The van der Waals surface area contributed by atoms with E-state index < -0.39 is 0 Å². The third kappa shape index (κ3) is 1.99. The highest BCUT2D eigenvalue weighted by molar-refractivity contribution is 7.08. The summed E-state index contributed by atoms with van der Waals surface area (Å²) >= 11 is 1.66. The molecule has 2 aliphatic heterocycles. The average Bonchev–Trinajstić information content (AvgIpc) is 2.89. The van der Waals surface area contributed by atoms with Gasteiger partial charge in [0.25, 0.3) is 0 Å². The van der Waals surface area contributed by atoms with Crippen LogP contribution >= 0.6 is 11.3 Å². The van der Waals surface area contributed by atoms with Gasteiger partial charge in [-0.05, 0) is 12.1 Å². The predicted molar refractivity (Wildman–Crippen MR) is 81.5 cm³/mol. The molecule has 0 bridgehead atoms. The molecule has 0 spiro atoms. The molecule has 0 unspecified atom stereocenters. The van der Waals surface area contributed by atoms with Gasteiger partial charge in [-0.2, -0.15) is 0 Å². The number of rotatable bonds is 0. The fourth-order valence-electron chi connectivity index (χ4n) is 2.57. The minimum Gasteiger partial charge on any atom is -0.453 e. The van der Waals surface area contributed by atoms with E-state index in [2.05, 4.69) is 21.0 Å². The molecule has 1 N–H and O–H groups in total. The van der Waals surface area contributed by atoms with E-state index in [0.717, 1.165) is 54.8 Å². The first-order chi connectivity index (χ1) is 9.92. The smallest absolute Gasteiger partial charge is 0.153 e. The second-order valence-corrected chi connectivity index (χ2v) is 5.64. The van der Waals surface area contributed by atoms with E-state index in [-0.39, 0.29) is 0 Å². The molecule has 0 amide bonds. The summed E-state index contributed by atoms with van der Waals surface area (Å²) in [4.78, 5) is 7.21. The van der Waals surface area contributed by atoms with E-state index in [1.807, 2.05) is 24.3 Å². The lowest BCUT2D eigenvalue weighted by Gasteiger charge is -2.29. The van der Waals surface area contributed by atoms with Gasteiger partial charge in [-0.25, -0.2) is 4.99 Å². The number of amidine groups is 1. The van der Waals surface area contributed by atoms with Crippen molar-refractivity contribution in [3.8, 4) is 11.5 Å². The maximum Gasteiger partial charge on any atom is 0.153 e. The maximum atomic E-state index is 6.02. The normalized spacial score (nSPS) is 17.6. The zero-order chi connectivity index (χ0) is 13.4. The largest absolute Gasteiger partial charge is 0.453 e. The van der Waals surface area contributed by atoms with Gasteiger partial charge >= 0.3 is 0 Å². The van der Waals surface area contributed by atoms with E-state index >= 15 is 0 Å². The Morgan fingerprint density at radius 1 is 1.10 bits per heavy atom. The first-order valence-electron chi connectivity index (χ1n) is 6.79. The summed E-state index contributed by atoms with van der Waals surface area (Å²) in [6.45, 7) is 3.97. The Bertz CT molecular complexity index is 659. The van der Waals surface area contributed by atoms with Crippen LogP contribution in [0.25, 0.3) is 0 Å². The van der Waals surface area contributed by atoms with Gasteiger partial charge in [-0.1, -0.05) is 12.1 Å². The van der Waals surface area contributed by atoms with Gasteiger partial charge in [0.15, 0.2) is 5.75 Å². The molecule has 1 aromatic carbocycles. The summed E-state index contributed by atoms with van der Waals surface area (Å²) in [5.41, 5.74) is 2.01. The molecule has 4 nitrogen and oxygen atoms in total. The zero-order valence-electron chi connectivity index (χ0n) is 11.0. The first-order valence-corrected chi connectivity index (χ1v) is 7.74. The van der Waals surface area contributed by atoms with E-state index in [0.29, 0.717) is 0 Å². The number of hydrogen-bond acceptors (Lipinski definition) is 5. The molecule has 2 aromatic rings. The predicted octanol–water partition coefficient (Wildman–Crippen LogP) is 2.84. The van der Waals surface area contributed by atoms with E-state index in [1.54, 1.807) is 11.3 Å². The molecule has 1 aromatic heterocycles. The number of aliphatic imine (C=N–C) groups is 1. The van der Waals surface area contributed by atoms with Crippen molar-refractivity contribution in [1.29, 1.82) is 0 Å². The number of nitrogens with zero attached hydrogens (tertiary/aromatic N) is 2. The van der Waals surface area contributed by atoms with Gasteiger partial charge in [0.1, 0.15) is 17.3 Å².